The molecule has 0 aromatic heterocycles. The van der Waals surface area contributed by atoms with Crippen LogP contribution in [-0.4, -0.2) is 26.4 Å². The van der Waals surface area contributed by atoms with Crippen LogP contribution in [0.15, 0.2) is 131 Å². The van der Waals surface area contributed by atoms with Crippen molar-refractivity contribution in [1.29, 1.82) is 0 Å². The quantitative estimate of drug-likeness (QED) is 0.175. The lowest BCUT2D eigenvalue weighted by atomic mass is 10.2. The maximum absolute atomic E-state index is 13.7. The maximum Gasteiger partial charge on any atom is 0.411 e. The van der Waals surface area contributed by atoms with Crippen molar-refractivity contribution < 1.29 is 34.8 Å². The first-order valence-electron chi connectivity index (χ1n) is 11.0. The second kappa shape index (κ2) is 11.6. The summed E-state index contributed by atoms with van der Waals surface area (Å²) in [6.07, 6.45) is 0. The molecule has 0 aliphatic carbocycles. The first kappa shape index (κ1) is 28.6. The molecule has 0 unspecified atom stereocenters. The van der Waals surface area contributed by atoms with Crippen LogP contribution in [0.2, 0.25) is 0 Å². The van der Waals surface area contributed by atoms with Crippen LogP contribution >= 0.6 is 0 Å². The summed E-state index contributed by atoms with van der Waals surface area (Å²) in [6, 6.07) is 18.9. The van der Waals surface area contributed by atoms with Gasteiger partial charge in [0.05, 0.1) is 9.79 Å². The molecular formula is C27H22F6N2O2S. The number of benzene rings is 4. The van der Waals surface area contributed by atoms with Crippen molar-refractivity contribution in [3.8, 4) is 0 Å². The van der Waals surface area contributed by atoms with Crippen molar-refractivity contribution >= 4 is 21.2 Å². The predicted octanol–water partition coefficient (Wildman–Crippen LogP) is 7.55. The number of para-hydroxylation sites is 2. The van der Waals surface area contributed by atoms with Crippen LogP contribution in [0.1, 0.15) is 0 Å². The van der Waals surface area contributed by atoms with Gasteiger partial charge in [-0.15, -0.1) is 0 Å². The van der Waals surface area contributed by atoms with E-state index in [-0.39, 0.29) is 0 Å². The second-order valence-electron chi connectivity index (χ2n) is 7.83. The van der Waals surface area contributed by atoms with Crippen LogP contribution < -0.4 is 10.6 Å². The summed E-state index contributed by atoms with van der Waals surface area (Å²) in [5.41, 5.74) is -0.819. The highest BCUT2D eigenvalue weighted by Gasteiger charge is 2.72. The SMILES string of the molecule is FC(F)(Nc1ccccc1)C(F)(F)C(F)(F)Nc1ccccc1.O=S(=O)(c1ccccc1)c1ccccc1. The van der Waals surface area contributed by atoms with Gasteiger partial charge in [-0.1, -0.05) is 72.8 Å². The molecule has 4 rings (SSSR count). The zero-order valence-electron chi connectivity index (χ0n) is 19.5. The van der Waals surface area contributed by atoms with E-state index in [1.807, 2.05) is 0 Å². The summed E-state index contributed by atoms with van der Waals surface area (Å²) in [5, 5.41) is 2.29. The minimum atomic E-state index is -5.69. The third-order valence-corrected chi connectivity index (χ3v) is 6.83. The Kier molecular flexibility index (Phi) is 8.72. The van der Waals surface area contributed by atoms with E-state index < -0.39 is 39.2 Å². The summed E-state index contributed by atoms with van der Waals surface area (Å²) in [6.45, 7) is 0. The summed E-state index contributed by atoms with van der Waals surface area (Å²) < 4.78 is 106. The molecule has 0 radical (unpaired) electrons. The standard InChI is InChI=1S/C15H12F6N2.C12H10O2S/c16-13(17,14(18,19)22-11-7-3-1-4-8-11)15(20,21)23-12-9-5-2-6-10-12;13-15(14,11-7-3-1-4-8-11)12-9-5-2-6-10-12/h1-10,22-23H;1-10H. The fourth-order valence-electron chi connectivity index (χ4n) is 3.10. The Balaban J connectivity index is 0.000000230. The van der Waals surface area contributed by atoms with E-state index in [2.05, 4.69) is 0 Å². The van der Waals surface area contributed by atoms with Gasteiger partial charge in [-0.3, -0.25) is 0 Å². The minimum absolute atomic E-state index is 0.330. The molecule has 0 fully saturated rings. The molecule has 0 aliphatic heterocycles. The Morgan fingerprint density at radius 3 is 1.00 bits per heavy atom. The molecule has 0 aliphatic rings. The van der Waals surface area contributed by atoms with E-state index in [0.29, 0.717) is 9.79 Å². The Labute approximate surface area is 215 Å². The Morgan fingerprint density at radius 1 is 0.447 bits per heavy atom. The van der Waals surface area contributed by atoms with Crippen molar-refractivity contribution in [1.82, 2.24) is 0 Å². The van der Waals surface area contributed by atoms with Crippen LogP contribution in [0.5, 0.6) is 0 Å². The lowest BCUT2D eigenvalue weighted by molar-refractivity contribution is -0.288. The van der Waals surface area contributed by atoms with Gasteiger partial charge in [0.1, 0.15) is 0 Å². The van der Waals surface area contributed by atoms with Gasteiger partial charge in [-0.2, -0.15) is 26.3 Å². The number of sulfone groups is 1. The topological polar surface area (TPSA) is 58.2 Å². The fraction of sp³-hybridized carbons (Fsp3) is 0.111. The maximum atomic E-state index is 13.7. The van der Waals surface area contributed by atoms with Crippen LogP contribution in [0, 0.1) is 0 Å². The summed E-state index contributed by atoms with van der Waals surface area (Å²) in [4.78, 5) is 0.660. The summed E-state index contributed by atoms with van der Waals surface area (Å²) >= 11 is 0. The molecule has 0 saturated carbocycles. The first-order chi connectivity index (χ1) is 17.9. The molecule has 4 nitrogen and oxygen atoms in total. The molecule has 0 atom stereocenters. The Hall–Kier alpha value is -3.99. The van der Waals surface area contributed by atoms with Gasteiger partial charge in [-0.25, -0.2) is 8.42 Å². The molecule has 11 heteroatoms. The van der Waals surface area contributed by atoms with Crippen LogP contribution in [-0.2, 0) is 9.84 Å². The van der Waals surface area contributed by atoms with Crippen molar-refractivity contribution in [3.63, 3.8) is 0 Å². The first-order valence-corrected chi connectivity index (χ1v) is 12.5. The average Bonchev–Trinajstić information content (AvgIpc) is 2.90. The number of anilines is 2. The normalized spacial score (nSPS) is 12.2. The Bertz CT molecular complexity index is 1290. The van der Waals surface area contributed by atoms with E-state index in [9.17, 15) is 34.8 Å². The highest BCUT2D eigenvalue weighted by Crippen LogP contribution is 2.46. The molecule has 4 aromatic rings. The van der Waals surface area contributed by atoms with Gasteiger partial charge in [0.2, 0.25) is 9.84 Å². The number of hydrogen-bond donors (Lipinski definition) is 2. The Morgan fingerprint density at radius 2 is 0.711 bits per heavy atom. The smallest absolute Gasteiger partial charge is 0.322 e. The number of nitrogens with one attached hydrogen (secondary N) is 2. The molecule has 4 aromatic carbocycles. The lowest BCUT2D eigenvalue weighted by Gasteiger charge is -2.34. The third kappa shape index (κ3) is 6.65. The van der Waals surface area contributed by atoms with Gasteiger partial charge in [0, 0.05) is 11.4 Å². The zero-order valence-corrected chi connectivity index (χ0v) is 20.4. The van der Waals surface area contributed by atoms with Gasteiger partial charge in [0.15, 0.2) is 0 Å². The van der Waals surface area contributed by atoms with E-state index in [4.69, 9.17) is 0 Å². The van der Waals surface area contributed by atoms with Gasteiger partial charge in [-0.05, 0) is 48.5 Å². The lowest BCUT2D eigenvalue weighted by Crippen LogP contribution is -2.60. The van der Waals surface area contributed by atoms with E-state index in [1.54, 1.807) is 60.7 Å². The molecule has 200 valence electrons. The molecule has 0 saturated heterocycles. The van der Waals surface area contributed by atoms with Crippen molar-refractivity contribution in [2.75, 3.05) is 10.6 Å². The van der Waals surface area contributed by atoms with Crippen molar-refractivity contribution in [2.24, 2.45) is 0 Å². The molecule has 0 amide bonds. The monoisotopic (exact) mass is 552 g/mol. The molecule has 0 bridgehead atoms. The fourth-order valence-corrected chi connectivity index (χ4v) is 4.40. The number of alkyl halides is 6. The van der Waals surface area contributed by atoms with Gasteiger partial charge < -0.3 is 10.6 Å². The largest absolute Gasteiger partial charge is 0.411 e. The number of rotatable bonds is 8. The van der Waals surface area contributed by atoms with Crippen LogP contribution in [0.4, 0.5) is 37.7 Å². The van der Waals surface area contributed by atoms with E-state index >= 15 is 0 Å². The number of hydrogen-bond acceptors (Lipinski definition) is 4. The number of halogens is 6. The summed E-state index contributed by atoms with van der Waals surface area (Å²) in [7, 11) is -3.34. The van der Waals surface area contributed by atoms with Crippen LogP contribution in [0.25, 0.3) is 0 Å². The molecular weight excluding hydrogens is 530 g/mol. The van der Waals surface area contributed by atoms with Crippen molar-refractivity contribution in [2.45, 2.75) is 27.8 Å². The molecule has 38 heavy (non-hydrogen) atoms. The van der Waals surface area contributed by atoms with E-state index in [1.165, 1.54) is 36.4 Å². The zero-order chi connectivity index (χ0) is 27.9. The minimum Gasteiger partial charge on any atom is -0.322 e. The third-order valence-electron chi connectivity index (χ3n) is 5.05. The molecule has 2 N–H and O–H groups in total. The van der Waals surface area contributed by atoms with Crippen molar-refractivity contribution in [3.05, 3.63) is 121 Å². The van der Waals surface area contributed by atoms with E-state index in [0.717, 1.165) is 34.9 Å². The second-order valence-corrected chi connectivity index (χ2v) is 9.78. The average molecular weight is 553 g/mol. The highest BCUT2D eigenvalue weighted by molar-refractivity contribution is 7.91. The molecule has 0 heterocycles. The summed E-state index contributed by atoms with van der Waals surface area (Å²) in [5.74, 6) is -5.69. The van der Waals surface area contributed by atoms with Gasteiger partial charge >= 0.3 is 18.0 Å². The highest BCUT2D eigenvalue weighted by atomic mass is 32.2. The van der Waals surface area contributed by atoms with Crippen LogP contribution in [0.3, 0.4) is 0 Å². The molecule has 0 spiro atoms. The predicted molar refractivity (Wildman–Crippen MR) is 133 cm³/mol. The van der Waals surface area contributed by atoms with Gasteiger partial charge in [0.25, 0.3) is 0 Å².